The highest BCUT2D eigenvalue weighted by molar-refractivity contribution is 7.90. The van der Waals surface area contributed by atoms with Gasteiger partial charge in [-0.25, -0.2) is 22.4 Å². The summed E-state index contributed by atoms with van der Waals surface area (Å²) < 4.78 is 30.1. The number of H-pyrrole nitrogens is 2. The molecule has 0 unspecified atom stereocenters. The third-order valence-electron chi connectivity index (χ3n) is 8.60. The maximum Gasteiger partial charge on any atom is 0.268 e. The molecule has 0 radical (unpaired) electrons. The number of rotatable bonds is 6. The number of aromatic nitrogens is 5. The van der Waals surface area contributed by atoms with Crippen LogP contribution < -0.4 is 10.6 Å². The number of nitrogens with zero attached hydrogens (tertiary/aromatic N) is 3. The van der Waals surface area contributed by atoms with Crippen LogP contribution in [0.1, 0.15) is 49.4 Å². The summed E-state index contributed by atoms with van der Waals surface area (Å²) in [6, 6.07) is 21.1. The van der Waals surface area contributed by atoms with Gasteiger partial charge < -0.3 is 20.6 Å². The van der Waals surface area contributed by atoms with Crippen molar-refractivity contribution in [3.05, 3.63) is 90.8 Å². The lowest BCUT2D eigenvalue weighted by atomic mass is 10.1. The first-order valence-electron chi connectivity index (χ1n) is 14.5. The topological polar surface area (TPSA) is 120 Å². The molecule has 42 heavy (non-hydrogen) atoms. The Morgan fingerprint density at radius 1 is 0.690 bits per heavy atom. The van der Waals surface area contributed by atoms with Crippen LogP contribution in [0.3, 0.4) is 0 Å². The first-order valence-corrected chi connectivity index (χ1v) is 16.0. The fraction of sp³-hybridized carbons (Fsp3) is 0.250. The highest BCUT2D eigenvalue weighted by Crippen LogP contribution is 2.37. The molecule has 0 bridgehead atoms. The van der Waals surface area contributed by atoms with Gasteiger partial charge >= 0.3 is 0 Å². The summed E-state index contributed by atoms with van der Waals surface area (Å²) in [6.07, 6.45) is 8.03. The predicted octanol–water partition coefficient (Wildman–Crippen LogP) is 5.66. The summed E-state index contributed by atoms with van der Waals surface area (Å²) in [5.74, 6) is 1.83. The Morgan fingerprint density at radius 2 is 1.21 bits per heavy atom. The summed E-state index contributed by atoms with van der Waals surface area (Å²) >= 11 is 0. The molecule has 0 aliphatic carbocycles. The van der Waals surface area contributed by atoms with Crippen LogP contribution >= 0.6 is 0 Å². The molecule has 8 rings (SSSR count). The molecular formula is C32H31N7O2S. The largest absolute Gasteiger partial charge is 0.341 e. The second kappa shape index (κ2) is 9.94. The molecule has 0 saturated carbocycles. The van der Waals surface area contributed by atoms with Gasteiger partial charge in [-0.1, -0.05) is 42.5 Å². The highest BCUT2D eigenvalue weighted by Gasteiger charge is 2.25. The molecule has 2 fully saturated rings. The second-order valence-corrected chi connectivity index (χ2v) is 13.0. The Kier molecular flexibility index (Phi) is 6.02. The fourth-order valence-electron chi connectivity index (χ4n) is 6.43. The van der Waals surface area contributed by atoms with E-state index in [-0.39, 0.29) is 17.0 Å². The minimum Gasteiger partial charge on any atom is -0.341 e. The van der Waals surface area contributed by atoms with Crippen molar-refractivity contribution in [2.45, 2.75) is 42.7 Å². The van der Waals surface area contributed by atoms with Crippen LogP contribution in [-0.2, 0) is 10.0 Å². The number of benzene rings is 3. The Bertz CT molecular complexity index is 1920. The van der Waals surface area contributed by atoms with Crippen molar-refractivity contribution >= 4 is 31.8 Å². The molecule has 3 aromatic heterocycles. The van der Waals surface area contributed by atoms with Gasteiger partial charge in [0.1, 0.15) is 11.6 Å². The monoisotopic (exact) mass is 577 g/mol. The standard InChI is InChI=1S/C32H31N7O2S/c40-42(41,22-6-2-1-3-7-22)39-29-16-20(27-18-35-31(37-27)25-8-4-14-33-25)10-12-23(29)24-13-11-21(17-30(24)39)28-19-36-32(38-28)26-9-5-15-34-26/h1-3,6-7,10-13,16-19,25-26,33-34H,4-5,8-9,14-15H2,(H,35,37)(H,36,38)/t25-,26-/m0/s1. The van der Waals surface area contributed by atoms with E-state index >= 15 is 0 Å². The molecule has 4 N–H and O–H groups in total. The lowest BCUT2D eigenvalue weighted by Crippen LogP contribution is -2.14. The number of hydrogen-bond acceptors (Lipinski definition) is 6. The average Bonchev–Trinajstić information content (AvgIpc) is 3.85. The third kappa shape index (κ3) is 4.17. The molecule has 10 heteroatoms. The Balaban J connectivity index is 1.30. The van der Waals surface area contributed by atoms with Crippen molar-refractivity contribution in [2.24, 2.45) is 0 Å². The van der Waals surface area contributed by atoms with E-state index in [4.69, 9.17) is 0 Å². The SMILES string of the molecule is O=S(=O)(c1ccccc1)n1c2cc(-c3cnc([C@@H]4CCCN4)[nH]3)ccc2c2ccc(-c3cnc([C@@H]4CCCN4)[nH]3)cc21. The van der Waals surface area contributed by atoms with Crippen molar-refractivity contribution in [1.29, 1.82) is 0 Å². The minimum absolute atomic E-state index is 0.221. The number of fused-ring (bicyclic) bond motifs is 3. The van der Waals surface area contributed by atoms with E-state index in [1.54, 1.807) is 24.3 Å². The maximum absolute atomic E-state index is 14.3. The number of aromatic amines is 2. The van der Waals surface area contributed by atoms with E-state index in [1.165, 1.54) is 3.97 Å². The van der Waals surface area contributed by atoms with E-state index < -0.39 is 10.0 Å². The fourth-order valence-corrected chi connectivity index (χ4v) is 7.97. The molecule has 2 aliphatic rings. The first-order chi connectivity index (χ1) is 20.6. The van der Waals surface area contributed by atoms with E-state index in [9.17, 15) is 8.42 Å². The molecule has 6 aromatic rings. The molecule has 2 aliphatic heterocycles. The number of hydrogen-bond donors (Lipinski definition) is 4. The van der Waals surface area contributed by atoms with E-state index in [0.717, 1.165) is 83.7 Å². The quantitative estimate of drug-likeness (QED) is 0.203. The van der Waals surface area contributed by atoms with E-state index in [0.29, 0.717) is 11.0 Å². The van der Waals surface area contributed by atoms with E-state index in [1.807, 2.05) is 54.9 Å². The summed E-state index contributed by atoms with van der Waals surface area (Å²) in [7, 11) is -3.92. The Morgan fingerprint density at radius 3 is 1.69 bits per heavy atom. The summed E-state index contributed by atoms with van der Waals surface area (Å²) in [5, 5.41) is 8.71. The van der Waals surface area contributed by atoms with Crippen LogP contribution in [0.4, 0.5) is 0 Å². The highest BCUT2D eigenvalue weighted by atomic mass is 32.2. The molecular weight excluding hydrogens is 546 g/mol. The van der Waals surface area contributed by atoms with Gasteiger partial charge in [0.05, 0.1) is 51.8 Å². The van der Waals surface area contributed by atoms with Crippen molar-refractivity contribution in [1.82, 2.24) is 34.5 Å². The van der Waals surface area contributed by atoms with Gasteiger partial charge in [-0.2, -0.15) is 0 Å². The first kappa shape index (κ1) is 25.5. The minimum atomic E-state index is -3.92. The molecule has 3 aromatic carbocycles. The smallest absolute Gasteiger partial charge is 0.268 e. The molecule has 212 valence electrons. The van der Waals surface area contributed by atoms with Crippen LogP contribution in [0.5, 0.6) is 0 Å². The van der Waals surface area contributed by atoms with Crippen LogP contribution in [0.15, 0.2) is 84.0 Å². The molecule has 2 atom stereocenters. The van der Waals surface area contributed by atoms with Crippen LogP contribution in [0.25, 0.3) is 44.3 Å². The zero-order chi connectivity index (χ0) is 28.3. The van der Waals surface area contributed by atoms with Gasteiger partial charge in [0, 0.05) is 21.9 Å². The van der Waals surface area contributed by atoms with Gasteiger partial charge in [0.2, 0.25) is 0 Å². The number of nitrogens with one attached hydrogen (secondary N) is 4. The van der Waals surface area contributed by atoms with Crippen molar-refractivity contribution in [2.75, 3.05) is 13.1 Å². The normalized spacial score (nSPS) is 19.3. The van der Waals surface area contributed by atoms with Crippen molar-refractivity contribution in [3.8, 4) is 22.5 Å². The number of imidazole rings is 2. The van der Waals surface area contributed by atoms with Crippen LogP contribution in [0.2, 0.25) is 0 Å². The summed E-state index contributed by atoms with van der Waals surface area (Å²) in [6.45, 7) is 1.98. The van der Waals surface area contributed by atoms with Gasteiger partial charge in [-0.05, 0) is 63.0 Å². The second-order valence-electron chi connectivity index (χ2n) is 11.2. The average molecular weight is 578 g/mol. The Labute approximate surface area is 243 Å². The Hall–Kier alpha value is -4.25. The summed E-state index contributed by atoms with van der Waals surface area (Å²) in [5.41, 5.74) is 4.74. The van der Waals surface area contributed by atoms with Crippen LogP contribution in [0, 0.1) is 0 Å². The summed E-state index contributed by atoms with van der Waals surface area (Å²) in [4.78, 5) is 16.4. The molecule has 0 amide bonds. The molecule has 5 heterocycles. The van der Waals surface area contributed by atoms with Gasteiger partial charge in [0.25, 0.3) is 10.0 Å². The van der Waals surface area contributed by atoms with E-state index in [2.05, 4.69) is 30.6 Å². The third-order valence-corrected chi connectivity index (χ3v) is 10.3. The molecule has 9 nitrogen and oxygen atoms in total. The zero-order valence-electron chi connectivity index (χ0n) is 23.0. The van der Waals surface area contributed by atoms with Crippen molar-refractivity contribution in [3.63, 3.8) is 0 Å². The lowest BCUT2D eigenvalue weighted by Gasteiger charge is -2.11. The predicted molar refractivity (Wildman–Crippen MR) is 164 cm³/mol. The van der Waals surface area contributed by atoms with Gasteiger partial charge in [0.15, 0.2) is 0 Å². The maximum atomic E-state index is 14.3. The van der Waals surface area contributed by atoms with Gasteiger partial charge in [-0.3, -0.25) is 0 Å². The van der Waals surface area contributed by atoms with Crippen molar-refractivity contribution < 1.29 is 8.42 Å². The van der Waals surface area contributed by atoms with Crippen LogP contribution in [-0.4, -0.2) is 45.4 Å². The van der Waals surface area contributed by atoms with Gasteiger partial charge in [-0.15, -0.1) is 0 Å². The lowest BCUT2D eigenvalue weighted by molar-refractivity contribution is 0.590. The molecule has 0 spiro atoms. The zero-order valence-corrected chi connectivity index (χ0v) is 23.8. The molecule has 2 saturated heterocycles.